The van der Waals surface area contributed by atoms with Crippen LogP contribution in [0.15, 0.2) is 12.3 Å². The van der Waals surface area contributed by atoms with E-state index in [1.807, 2.05) is 0 Å². The number of hydrogen-bond acceptors (Lipinski definition) is 4. The number of nitrogens with zero attached hydrogens (tertiary/aromatic N) is 2. The predicted octanol–water partition coefficient (Wildman–Crippen LogP) is 3.11. The zero-order chi connectivity index (χ0) is 13.9. The van der Waals surface area contributed by atoms with Crippen molar-refractivity contribution >= 4 is 11.5 Å². The molecule has 4 fully saturated rings. The Morgan fingerprint density at radius 2 is 1.75 bits per heavy atom. The van der Waals surface area contributed by atoms with Crippen LogP contribution in [-0.2, 0) is 0 Å². The lowest BCUT2D eigenvalue weighted by atomic mass is 9.51. The molecule has 4 saturated carbocycles. The summed E-state index contributed by atoms with van der Waals surface area (Å²) in [7, 11) is 0. The number of nitrogen functional groups attached to an aromatic ring is 1. The molecule has 0 aromatic carbocycles. The van der Waals surface area contributed by atoms with E-state index in [9.17, 15) is 10.1 Å². The Hall–Kier alpha value is -1.65. The van der Waals surface area contributed by atoms with Gasteiger partial charge in [0.15, 0.2) is 0 Å². The van der Waals surface area contributed by atoms with Gasteiger partial charge in [-0.25, -0.2) is 4.98 Å². The first-order chi connectivity index (χ1) is 9.61. The highest BCUT2D eigenvalue weighted by Gasteiger charge is 2.48. The molecule has 0 radical (unpaired) electrons. The summed E-state index contributed by atoms with van der Waals surface area (Å²) in [6, 6.07) is 1.68. The quantitative estimate of drug-likeness (QED) is 0.663. The van der Waals surface area contributed by atoms with E-state index in [0.717, 1.165) is 17.4 Å². The second-order valence-corrected chi connectivity index (χ2v) is 6.89. The van der Waals surface area contributed by atoms with Crippen LogP contribution in [-0.4, -0.2) is 9.91 Å². The lowest BCUT2D eigenvalue weighted by molar-refractivity contribution is -0.384. The van der Waals surface area contributed by atoms with E-state index in [1.54, 1.807) is 12.3 Å². The van der Waals surface area contributed by atoms with E-state index in [0.29, 0.717) is 17.8 Å². The Balaban J connectivity index is 1.71. The third-order valence-corrected chi connectivity index (χ3v) is 5.73. The fraction of sp³-hybridized carbons (Fsp3) is 0.667. The molecule has 20 heavy (non-hydrogen) atoms. The Labute approximate surface area is 117 Å². The third kappa shape index (κ3) is 1.72. The van der Waals surface area contributed by atoms with Crippen molar-refractivity contribution in [2.45, 2.75) is 38.0 Å². The summed E-state index contributed by atoms with van der Waals surface area (Å²) in [6.45, 7) is 0. The van der Waals surface area contributed by atoms with Crippen molar-refractivity contribution in [2.24, 2.45) is 23.7 Å². The minimum atomic E-state index is -0.415. The minimum Gasteiger partial charge on any atom is -0.378 e. The van der Waals surface area contributed by atoms with Crippen molar-refractivity contribution in [3.05, 3.63) is 27.9 Å². The average molecular weight is 273 g/mol. The molecule has 4 aliphatic rings. The largest absolute Gasteiger partial charge is 0.378 e. The topological polar surface area (TPSA) is 82.0 Å². The molecule has 0 saturated heterocycles. The Morgan fingerprint density at radius 1 is 1.15 bits per heavy atom. The fourth-order valence-electron chi connectivity index (χ4n) is 5.28. The number of aromatic nitrogens is 1. The van der Waals surface area contributed by atoms with E-state index < -0.39 is 4.92 Å². The Morgan fingerprint density at radius 3 is 2.30 bits per heavy atom. The molecule has 0 spiro atoms. The highest BCUT2D eigenvalue weighted by atomic mass is 16.6. The van der Waals surface area contributed by atoms with Gasteiger partial charge in [0.05, 0.1) is 4.92 Å². The number of nitro groups is 1. The smallest absolute Gasteiger partial charge is 0.311 e. The van der Waals surface area contributed by atoms with Crippen molar-refractivity contribution in [3.63, 3.8) is 0 Å². The van der Waals surface area contributed by atoms with Crippen LogP contribution in [0.2, 0.25) is 0 Å². The summed E-state index contributed by atoms with van der Waals surface area (Å²) in [5.74, 6) is 3.72. The molecule has 0 atom stereocenters. The first-order valence-electron chi connectivity index (χ1n) is 7.51. The van der Waals surface area contributed by atoms with Gasteiger partial charge in [-0.2, -0.15) is 0 Å². The van der Waals surface area contributed by atoms with Crippen LogP contribution >= 0.6 is 0 Å². The zero-order valence-corrected chi connectivity index (χ0v) is 11.4. The predicted molar refractivity (Wildman–Crippen MR) is 75.1 cm³/mol. The van der Waals surface area contributed by atoms with Crippen LogP contribution in [0.1, 0.15) is 43.6 Å². The maximum absolute atomic E-state index is 11.0. The monoisotopic (exact) mass is 273 g/mol. The molecule has 4 aliphatic carbocycles. The van der Waals surface area contributed by atoms with Crippen molar-refractivity contribution < 1.29 is 4.92 Å². The highest BCUT2D eigenvalue weighted by molar-refractivity contribution is 5.53. The van der Waals surface area contributed by atoms with Crippen LogP contribution in [0.5, 0.6) is 0 Å². The first-order valence-corrected chi connectivity index (χ1v) is 7.51. The molecule has 5 heteroatoms. The van der Waals surface area contributed by atoms with Crippen molar-refractivity contribution in [2.75, 3.05) is 5.73 Å². The van der Waals surface area contributed by atoms with E-state index >= 15 is 0 Å². The van der Waals surface area contributed by atoms with Gasteiger partial charge >= 0.3 is 5.69 Å². The SMILES string of the molecule is Nc1ncc(C2C3CC4CC(C3)CC2C4)cc1[N+](=O)[O-]. The molecule has 1 heterocycles. The second kappa shape index (κ2) is 4.17. The molecule has 0 unspecified atom stereocenters. The van der Waals surface area contributed by atoms with E-state index in [4.69, 9.17) is 5.73 Å². The van der Waals surface area contributed by atoms with Gasteiger partial charge in [-0.3, -0.25) is 10.1 Å². The minimum absolute atomic E-state index is 0.0302. The molecule has 1 aromatic heterocycles. The maximum atomic E-state index is 11.0. The van der Waals surface area contributed by atoms with E-state index in [2.05, 4.69) is 4.98 Å². The fourth-order valence-corrected chi connectivity index (χ4v) is 5.28. The van der Waals surface area contributed by atoms with Gasteiger partial charge in [-0.05, 0) is 67.3 Å². The molecule has 0 amide bonds. The van der Waals surface area contributed by atoms with Gasteiger partial charge < -0.3 is 5.73 Å². The molecule has 5 nitrogen and oxygen atoms in total. The van der Waals surface area contributed by atoms with Crippen molar-refractivity contribution in [3.8, 4) is 0 Å². The molecule has 2 N–H and O–H groups in total. The molecule has 0 aliphatic heterocycles. The van der Waals surface area contributed by atoms with Crippen molar-refractivity contribution in [1.29, 1.82) is 0 Å². The van der Waals surface area contributed by atoms with Gasteiger partial charge in [-0.15, -0.1) is 0 Å². The van der Waals surface area contributed by atoms with Crippen LogP contribution in [0.3, 0.4) is 0 Å². The van der Waals surface area contributed by atoms with Gasteiger partial charge in [0.2, 0.25) is 5.82 Å². The highest BCUT2D eigenvalue weighted by Crippen LogP contribution is 2.59. The Bertz CT molecular complexity index is 544. The number of nitrogens with two attached hydrogens (primary N) is 1. The lowest BCUT2D eigenvalue weighted by Gasteiger charge is -2.54. The van der Waals surface area contributed by atoms with Crippen molar-refractivity contribution in [1.82, 2.24) is 4.98 Å². The normalized spacial score (nSPS) is 38.1. The molecule has 1 aromatic rings. The molecule has 4 bridgehead atoms. The summed E-state index contributed by atoms with van der Waals surface area (Å²) < 4.78 is 0. The first kappa shape index (κ1) is 12.1. The van der Waals surface area contributed by atoms with Gasteiger partial charge in [0.25, 0.3) is 0 Å². The van der Waals surface area contributed by atoms with Gasteiger partial charge in [-0.1, -0.05) is 0 Å². The lowest BCUT2D eigenvalue weighted by Crippen LogP contribution is -2.43. The number of rotatable bonds is 2. The number of anilines is 1. The van der Waals surface area contributed by atoms with Crippen LogP contribution in [0.4, 0.5) is 11.5 Å². The molecule has 106 valence electrons. The van der Waals surface area contributed by atoms with Crippen LogP contribution in [0, 0.1) is 33.8 Å². The van der Waals surface area contributed by atoms with E-state index in [-0.39, 0.29) is 11.5 Å². The van der Waals surface area contributed by atoms with Gasteiger partial charge in [0.1, 0.15) is 0 Å². The van der Waals surface area contributed by atoms with Crippen LogP contribution < -0.4 is 5.73 Å². The summed E-state index contributed by atoms with van der Waals surface area (Å²) in [5.41, 5.74) is 6.62. The van der Waals surface area contributed by atoms with Crippen LogP contribution in [0.25, 0.3) is 0 Å². The average Bonchev–Trinajstić information content (AvgIpc) is 2.38. The summed E-state index contributed by atoms with van der Waals surface area (Å²) >= 11 is 0. The third-order valence-electron chi connectivity index (χ3n) is 5.73. The second-order valence-electron chi connectivity index (χ2n) is 6.89. The maximum Gasteiger partial charge on any atom is 0.311 e. The zero-order valence-electron chi connectivity index (χ0n) is 11.4. The van der Waals surface area contributed by atoms with E-state index in [1.165, 1.54) is 32.1 Å². The Kier molecular flexibility index (Phi) is 2.53. The standard InChI is InChI=1S/C15H19N3O2/c16-15-13(18(19)20)6-12(7-17-15)14-10-2-8-1-9(4-10)5-11(14)3-8/h6-11,14H,1-5H2,(H2,16,17). The molecule has 5 rings (SSSR count). The summed E-state index contributed by atoms with van der Waals surface area (Å²) in [5, 5.41) is 11.0. The molecular formula is C15H19N3O2. The summed E-state index contributed by atoms with van der Waals surface area (Å²) in [4.78, 5) is 14.7. The molecular weight excluding hydrogens is 254 g/mol. The number of hydrogen-bond donors (Lipinski definition) is 1. The number of pyridine rings is 1. The van der Waals surface area contributed by atoms with Gasteiger partial charge in [0, 0.05) is 12.3 Å². The summed E-state index contributed by atoms with van der Waals surface area (Å²) in [6.07, 6.45) is 8.40.